The number of fused-ring (bicyclic) bond motifs is 1. The molecule has 1 aromatic carbocycles. The molecule has 0 bridgehead atoms. The lowest BCUT2D eigenvalue weighted by Gasteiger charge is -2.41. The molecule has 2 amide bonds. The zero-order valence-electron chi connectivity index (χ0n) is 23.9. The van der Waals surface area contributed by atoms with Crippen molar-refractivity contribution in [3.05, 3.63) is 40.7 Å². The number of nitrogens with one attached hydrogen (secondary N) is 1. The van der Waals surface area contributed by atoms with Crippen molar-refractivity contribution >= 4 is 40.1 Å². The Morgan fingerprint density at radius 3 is 2.69 bits per heavy atom. The molecule has 0 spiro atoms. The lowest BCUT2D eigenvalue weighted by Crippen LogP contribution is -2.56. The first-order valence-electron chi connectivity index (χ1n) is 14.2. The van der Waals surface area contributed by atoms with E-state index in [1.165, 1.54) is 23.5 Å². The number of anilines is 2. The molecule has 2 atom stereocenters. The number of aromatic nitrogens is 3. The van der Waals surface area contributed by atoms with Crippen LogP contribution in [-0.2, 0) is 11.2 Å². The fraction of sp³-hybridized carbons (Fsp3) is 0.500. The monoisotopic (exact) mass is 611 g/mol. The van der Waals surface area contributed by atoms with Crippen molar-refractivity contribution < 1.29 is 13.9 Å². The van der Waals surface area contributed by atoms with Gasteiger partial charge in [0.25, 0.3) is 0 Å². The van der Waals surface area contributed by atoms with E-state index in [9.17, 15) is 14.4 Å². The molecule has 0 aliphatic carbocycles. The molecule has 0 saturated carbocycles. The number of likely N-dealkylation sites (tertiary alicyclic amines) is 1. The lowest BCUT2D eigenvalue weighted by atomic mass is 10.1. The number of carbonyl (C=O) groups excluding carboxylic acids is 1. The van der Waals surface area contributed by atoms with Crippen LogP contribution in [0.15, 0.2) is 29.4 Å². The number of urea groups is 1. The highest BCUT2D eigenvalue weighted by Gasteiger charge is 2.37. The number of benzene rings is 1. The van der Waals surface area contributed by atoms with Gasteiger partial charge in [-0.05, 0) is 55.3 Å². The number of rotatable bonds is 6. The fourth-order valence-electron chi connectivity index (χ4n) is 5.67. The van der Waals surface area contributed by atoms with E-state index in [1.54, 1.807) is 23.9 Å². The number of aryl methyl sites for hydroxylation is 1. The van der Waals surface area contributed by atoms with E-state index in [0.717, 1.165) is 49.0 Å². The van der Waals surface area contributed by atoms with Crippen LogP contribution >= 0.6 is 23.1 Å². The molecule has 2 aromatic heterocycles. The number of thioether (sulfide) groups is 1. The minimum absolute atomic E-state index is 0.0269. The fourth-order valence-corrected chi connectivity index (χ4v) is 7.63. The van der Waals surface area contributed by atoms with Gasteiger partial charge in [-0.3, -0.25) is 10.3 Å². The van der Waals surface area contributed by atoms with Crippen LogP contribution in [0.25, 0.3) is 11.3 Å². The van der Waals surface area contributed by atoms with Gasteiger partial charge in [-0.25, -0.2) is 23.8 Å². The van der Waals surface area contributed by atoms with Crippen LogP contribution in [0.1, 0.15) is 30.3 Å². The van der Waals surface area contributed by atoms with Gasteiger partial charge in [-0.1, -0.05) is 18.3 Å². The average Bonchev–Trinajstić information content (AvgIpc) is 3.74. The molecular weight excluding hydrogens is 578 g/mol. The van der Waals surface area contributed by atoms with Crippen molar-refractivity contribution in [1.82, 2.24) is 29.3 Å². The van der Waals surface area contributed by atoms with Crippen molar-refractivity contribution in [3.8, 4) is 17.3 Å². The number of morpholine rings is 1. The molecule has 2 fully saturated rings. The maximum absolute atomic E-state index is 13.5. The molecule has 5 heterocycles. The molecular formula is C28H34FN9O2S2. The first-order valence-corrected chi connectivity index (χ1v) is 15.9. The number of thiazole rings is 1. The normalized spacial score (nSPS) is 20.6. The summed E-state index contributed by atoms with van der Waals surface area (Å²) in [7, 11) is 3.84. The van der Waals surface area contributed by atoms with Gasteiger partial charge in [0.1, 0.15) is 28.0 Å². The number of halogens is 1. The summed E-state index contributed by atoms with van der Waals surface area (Å²) in [5, 5.41) is 11.3. The van der Waals surface area contributed by atoms with Crippen LogP contribution in [0.5, 0.6) is 0 Å². The first kappa shape index (κ1) is 28.7. The largest absolute Gasteiger partial charge is 0.378 e. The number of imidazole rings is 1. The van der Waals surface area contributed by atoms with Gasteiger partial charge < -0.3 is 19.4 Å². The third kappa shape index (κ3) is 5.42. The zero-order valence-corrected chi connectivity index (χ0v) is 25.5. The maximum Gasteiger partial charge on any atom is 0.320 e. The second kappa shape index (κ2) is 12.1. The summed E-state index contributed by atoms with van der Waals surface area (Å²) in [6, 6.07) is 8.49. The minimum atomic E-state index is -0.333. The minimum Gasteiger partial charge on any atom is -0.378 e. The van der Waals surface area contributed by atoms with E-state index in [-0.39, 0.29) is 23.4 Å². The molecule has 3 aliphatic heterocycles. The van der Waals surface area contributed by atoms with Crippen molar-refractivity contribution in [2.75, 3.05) is 63.8 Å². The topological polar surface area (TPSA) is 106 Å². The summed E-state index contributed by atoms with van der Waals surface area (Å²) in [6.07, 6.45) is 2.70. The Hall–Kier alpha value is -3.38. The number of hydrogen-bond acceptors (Lipinski definition) is 10. The Labute approximate surface area is 252 Å². The van der Waals surface area contributed by atoms with Crippen LogP contribution < -0.4 is 10.3 Å². The number of nitriles is 1. The highest BCUT2D eigenvalue weighted by molar-refractivity contribution is 8.00. The summed E-state index contributed by atoms with van der Waals surface area (Å²) >= 11 is 2.97. The molecule has 2 saturated heterocycles. The van der Waals surface area contributed by atoms with Crippen molar-refractivity contribution in [3.63, 3.8) is 0 Å². The van der Waals surface area contributed by atoms with E-state index in [1.807, 2.05) is 33.5 Å². The van der Waals surface area contributed by atoms with Crippen LogP contribution in [0.4, 0.5) is 20.1 Å². The number of ether oxygens (including phenoxy) is 1. The number of likely N-dealkylation sites (N-methyl/N-ethyl adjacent to an activating group) is 1. The highest BCUT2D eigenvalue weighted by Crippen LogP contribution is 2.41. The van der Waals surface area contributed by atoms with Crippen molar-refractivity contribution in [2.24, 2.45) is 0 Å². The van der Waals surface area contributed by atoms with Crippen LogP contribution in [0.3, 0.4) is 0 Å². The van der Waals surface area contributed by atoms with Gasteiger partial charge in [-0.2, -0.15) is 5.26 Å². The molecule has 3 aromatic rings. The molecule has 14 heteroatoms. The van der Waals surface area contributed by atoms with E-state index in [4.69, 9.17) is 14.7 Å². The van der Waals surface area contributed by atoms with Gasteiger partial charge in [0.05, 0.1) is 18.9 Å². The number of piperidine rings is 1. The van der Waals surface area contributed by atoms with Crippen LogP contribution in [0.2, 0.25) is 0 Å². The van der Waals surface area contributed by atoms with Crippen molar-refractivity contribution in [1.29, 1.82) is 5.26 Å². The summed E-state index contributed by atoms with van der Waals surface area (Å²) < 4.78 is 21.0. The Morgan fingerprint density at radius 1 is 1.21 bits per heavy atom. The van der Waals surface area contributed by atoms with Gasteiger partial charge in [0.15, 0.2) is 16.1 Å². The molecule has 222 valence electrons. The van der Waals surface area contributed by atoms with Gasteiger partial charge >= 0.3 is 6.03 Å². The Morgan fingerprint density at radius 2 is 1.98 bits per heavy atom. The first-order chi connectivity index (χ1) is 20.4. The summed E-state index contributed by atoms with van der Waals surface area (Å²) in [6.45, 7) is 6.22. The number of hydrogen-bond donors (Lipinski definition) is 1. The molecule has 3 aliphatic rings. The predicted octanol–water partition coefficient (Wildman–Crippen LogP) is 4.13. The maximum atomic E-state index is 13.5. The smallest absolute Gasteiger partial charge is 0.320 e. The summed E-state index contributed by atoms with van der Waals surface area (Å²) in [5.41, 5.74) is 5.78. The van der Waals surface area contributed by atoms with Crippen molar-refractivity contribution in [2.45, 2.75) is 42.9 Å². The van der Waals surface area contributed by atoms with E-state index >= 15 is 0 Å². The second-order valence-corrected chi connectivity index (χ2v) is 12.6. The summed E-state index contributed by atoms with van der Waals surface area (Å²) in [4.78, 5) is 31.5. The number of amides is 2. The second-order valence-electron chi connectivity index (χ2n) is 10.6. The summed E-state index contributed by atoms with van der Waals surface area (Å²) in [5.74, 6) is 0.542. The third-order valence-corrected chi connectivity index (χ3v) is 10.2. The average molecular weight is 612 g/mol. The molecule has 11 nitrogen and oxygen atoms in total. The molecule has 42 heavy (non-hydrogen) atoms. The van der Waals surface area contributed by atoms with Crippen LogP contribution in [-0.4, -0.2) is 100 Å². The molecule has 2 unspecified atom stereocenters. The lowest BCUT2D eigenvalue weighted by molar-refractivity contribution is 0.0367. The van der Waals surface area contributed by atoms with Crippen LogP contribution in [0, 0.1) is 17.1 Å². The number of carbonyl (C=O) groups is 1. The Bertz CT molecular complexity index is 1480. The molecule has 6 rings (SSSR count). The SMILES string of the molecule is CCc1nc2n(c1N(C)c1nc(-c3ccc(F)cc3)c(C#N)s1)NC(N1CCCC(N(C)C(=O)N3CCOCC3)C1)S2. The van der Waals surface area contributed by atoms with Gasteiger partial charge in [0, 0.05) is 51.9 Å². The standard InChI is InChI=1S/C28H34FN9O2S2/c1-4-21-24(35(3)25-32-23(22(16-30)41-25)18-7-9-19(29)10-8-18)38-26(31-21)42-27(33-38)37-11-5-6-20(17-37)34(2)28(39)36-12-14-40-15-13-36/h7-10,20,27,33H,4-6,11-15,17H2,1-3H3. The number of nitrogens with zero attached hydrogens (tertiary/aromatic N) is 8. The Kier molecular flexibility index (Phi) is 8.26. The van der Waals surface area contributed by atoms with E-state index in [2.05, 4.69) is 23.3 Å². The van der Waals surface area contributed by atoms with Gasteiger partial charge in [0.2, 0.25) is 0 Å². The van der Waals surface area contributed by atoms with E-state index in [0.29, 0.717) is 47.6 Å². The molecule has 1 N–H and O–H groups in total. The molecule has 0 radical (unpaired) electrons. The predicted molar refractivity (Wildman–Crippen MR) is 161 cm³/mol. The quantitative estimate of drug-likeness (QED) is 0.441. The zero-order chi connectivity index (χ0) is 29.4. The Balaban J connectivity index is 1.19. The third-order valence-electron chi connectivity index (χ3n) is 8.01. The highest BCUT2D eigenvalue weighted by atomic mass is 32.2. The van der Waals surface area contributed by atoms with Gasteiger partial charge in [-0.15, -0.1) is 0 Å². The van der Waals surface area contributed by atoms with E-state index < -0.39 is 0 Å².